The van der Waals surface area contributed by atoms with Gasteiger partial charge in [-0.05, 0) is 29.0 Å². The molecule has 0 aliphatic carbocycles. The van der Waals surface area contributed by atoms with Gasteiger partial charge < -0.3 is 24.6 Å². The molecule has 9 heteroatoms. The minimum atomic E-state index is -0.446. The molecular formula is C26H26ClN5O3. The van der Waals surface area contributed by atoms with Gasteiger partial charge in [0.05, 0.1) is 7.11 Å². The number of anilines is 1. The van der Waals surface area contributed by atoms with Crippen molar-refractivity contribution < 1.29 is 14.3 Å². The first-order valence-corrected chi connectivity index (χ1v) is 11.1. The molecule has 1 fully saturated rings. The summed E-state index contributed by atoms with van der Waals surface area (Å²) in [6.45, 7) is 2.62. The highest BCUT2D eigenvalue weighted by atomic mass is 35.5. The Kier molecular flexibility index (Phi) is 7.22. The van der Waals surface area contributed by atoms with Crippen LogP contribution in [0.2, 0.25) is 0 Å². The molecule has 0 amide bonds. The predicted octanol–water partition coefficient (Wildman–Crippen LogP) is 4.08. The van der Waals surface area contributed by atoms with E-state index in [0.29, 0.717) is 43.7 Å². The molecule has 0 aromatic heterocycles. The van der Waals surface area contributed by atoms with Gasteiger partial charge in [0.2, 0.25) is 5.90 Å². The molecule has 2 aliphatic heterocycles. The van der Waals surface area contributed by atoms with Crippen LogP contribution in [0.25, 0.3) is 10.8 Å². The summed E-state index contributed by atoms with van der Waals surface area (Å²) in [5.74, 6) is 0.951. The van der Waals surface area contributed by atoms with Gasteiger partial charge in [-0.15, -0.1) is 12.4 Å². The second-order valence-corrected chi connectivity index (χ2v) is 8.08. The van der Waals surface area contributed by atoms with E-state index in [1.165, 1.54) is 0 Å². The lowest BCUT2D eigenvalue weighted by atomic mass is 10.0. The molecule has 0 atom stereocenters. The van der Waals surface area contributed by atoms with E-state index in [9.17, 15) is 4.79 Å². The van der Waals surface area contributed by atoms with E-state index in [1.807, 2.05) is 76.5 Å². The molecule has 0 saturated carbocycles. The van der Waals surface area contributed by atoms with Crippen LogP contribution < -0.4 is 10.1 Å². The molecule has 2 N–H and O–H groups in total. The standard InChI is InChI=1S/C26H25N5O3.ClH/c1-33-20-9-5-8-19(16-20)28-26(27)31-14-12-30(13-15-31)17-23-25(32)34-24(29-23)22-11-4-7-18-6-2-3-10-21(18)22;/h2-11,16-17H,12-15H2,1H3,(H2,27,28);1H. The number of nitrogens with one attached hydrogen (secondary N) is 2. The van der Waals surface area contributed by atoms with Crippen molar-refractivity contribution >= 4 is 46.7 Å². The highest BCUT2D eigenvalue weighted by Crippen LogP contribution is 2.24. The number of rotatable bonds is 4. The zero-order chi connectivity index (χ0) is 23.5. The number of benzene rings is 3. The number of aliphatic imine (C=N–C) groups is 1. The molecule has 0 bridgehead atoms. The second kappa shape index (κ2) is 10.5. The van der Waals surface area contributed by atoms with E-state index in [2.05, 4.69) is 10.3 Å². The summed E-state index contributed by atoms with van der Waals surface area (Å²) in [6.07, 6.45) is 1.76. The zero-order valence-electron chi connectivity index (χ0n) is 19.2. The maximum atomic E-state index is 12.5. The topological polar surface area (TPSA) is 90.2 Å². The highest BCUT2D eigenvalue weighted by molar-refractivity contribution is 6.16. The van der Waals surface area contributed by atoms with E-state index in [4.69, 9.17) is 14.9 Å². The fourth-order valence-corrected chi connectivity index (χ4v) is 4.09. The fourth-order valence-electron chi connectivity index (χ4n) is 4.09. The summed E-state index contributed by atoms with van der Waals surface area (Å²) >= 11 is 0. The molecule has 2 heterocycles. The molecule has 3 aromatic rings. The minimum Gasteiger partial charge on any atom is -0.497 e. The Hall–Kier alpha value is -4.04. The lowest BCUT2D eigenvalue weighted by molar-refractivity contribution is -0.130. The molecule has 8 nitrogen and oxygen atoms in total. The predicted molar refractivity (Wildman–Crippen MR) is 139 cm³/mol. The summed E-state index contributed by atoms with van der Waals surface area (Å²) in [5.41, 5.74) is 1.90. The van der Waals surface area contributed by atoms with Crippen molar-refractivity contribution in [1.29, 1.82) is 5.41 Å². The maximum absolute atomic E-state index is 12.5. The van der Waals surface area contributed by atoms with E-state index >= 15 is 0 Å². The number of piperazine rings is 1. The van der Waals surface area contributed by atoms with Gasteiger partial charge in [-0.2, -0.15) is 0 Å². The van der Waals surface area contributed by atoms with Crippen LogP contribution in [0.4, 0.5) is 5.69 Å². The Morgan fingerprint density at radius 1 is 1.06 bits per heavy atom. The summed E-state index contributed by atoms with van der Waals surface area (Å²) in [6, 6.07) is 21.3. The molecule has 180 valence electrons. The minimum absolute atomic E-state index is 0. The van der Waals surface area contributed by atoms with E-state index in [0.717, 1.165) is 27.8 Å². The fraction of sp³-hybridized carbons (Fsp3) is 0.192. The number of halogens is 1. The van der Waals surface area contributed by atoms with Crippen LogP contribution in [0.15, 0.2) is 83.6 Å². The van der Waals surface area contributed by atoms with Crippen LogP contribution in [0.5, 0.6) is 5.75 Å². The van der Waals surface area contributed by atoms with E-state index in [1.54, 1.807) is 13.3 Å². The van der Waals surface area contributed by atoms with Gasteiger partial charge in [-0.25, -0.2) is 9.79 Å². The number of cyclic esters (lactones) is 1. The molecule has 0 spiro atoms. The van der Waals surface area contributed by atoms with Gasteiger partial charge in [0, 0.05) is 49.7 Å². The van der Waals surface area contributed by atoms with Crippen molar-refractivity contribution in [2.75, 3.05) is 38.6 Å². The summed E-state index contributed by atoms with van der Waals surface area (Å²) in [4.78, 5) is 21.0. The van der Waals surface area contributed by atoms with Gasteiger partial charge in [0.15, 0.2) is 11.7 Å². The molecule has 35 heavy (non-hydrogen) atoms. The molecule has 0 unspecified atom stereocenters. The Bertz CT molecular complexity index is 1310. The monoisotopic (exact) mass is 491 g/mol. The normalized spacial score (nSPS) is 16.5. The quantitative estimate of drug-likeness (QED) is 0.247. The molecule has 1 saturated heterocycles. The van der Waals surface area contributed by atoms with Gasteiger partial charge in [-0.3, -0.25) is 5.41 Å². The number of carbonyl (C=O) groups excluding carboxylic acids is 1. The number of nitrogens with zero attached hydrogens (tertiary/aromatic N) is 3. The third-order valence-corrected chi connectivity index (χ3v) is 5.91. The van der Waals surface area contributed by atoms with Gasteiger partial charge >= 0.3 is 5.97 Å². The first-order valence-electron chi connectivity index (χ1n) is 11.1. The van der Waals surface area contributed by atoms with Crippen molar-refractivity contribution in [3.63, 3.8) is 0 Å². The lowest BCUT2D eigenvalue weighted by Crippen LogP contribution is -2.48. The number of hydrogen-bond acceptors (Lipinski definition) is 6. The molecule has 5 rings (SSSR count). The summed E-state index contributed by atoms with van der Waals surface area (Å²) in [7, 11) is 1.62. The van der Waals surface area contributed by atoms with Crippen LogP contribution in [-0.4, -0.2) is 60.9 Å². The van der Waals surface area contributed by atoms with Crippen molar-refractivity contribution in [3.8, 4) is 5.75 Å². The number of methoxy groups -OCH3 is 1. The van der Waals surface area contributed by atoms with Crippen molar-refractivity contribution in [2.24, 2.45) is 4.99 Å². The van der Waals surface area contributed by atoms with Crippen molar-refractivity contribution in [3.05, 3.63) is 84.2 Å². The number of esters is 1. The molecule has 0 radical (unpaired) electrons. The summed E-state index contributed by atoms with van der Waals surface area (Å²) in [5, 5.41) is 13.6. The SMILES string of the molecule is COc1cccc(NC(=N)N2CCN(C=C3N=C(c4cccc5ccccc45)OC3=O)CC2)c1.Cl. The van der Waals surface area contributed by atoms with Crippen LogP contribution in [0.3, 0.4) is 0 Å². The third-order valence-electron chi connectivity index (χ3n) is 5.91. The van der Waals surface area contributed by atoms with E-state index < -0.39 is 5.97 Å². The van der Waals surface area contributed by atoms with Crippen LogP contribution in [0, 0.1) is 5.41 Å². The van der Waals surface area contributed by atoms with Crippen LogP contribution in [-0.2, 0) is 9.53 Å². The van der Waals surface area contributed by atoms with Crippen LogP contribution >= 0.6 is 12.4 Å². The first-order chi connectivity index (χ1) is 16.6. The highest BCUT2D eigenvalue weighted by Gasteiger charge is 2.27. The smallest absolute Gasteiger partial charge is 0.365 e. The number of fused-ring (bicyclic) bond motifs is 1. The molecular weight excluding hydrogens is 466 g/mol. The first kappa shape index (κ1) is 24.1. The Labute approximate surface area is 209 Å². The third kappa shape index (κ3) is 5.22. The lowest BCUT2D eigenvalue weighted by Gasteiger charge is -2.35. The van der Waals surface area contributed by atoms with Gasteiger partial charge in [0.1, 0.15) is 5.75 Å². The number of guanidine groups is 1. The maximum Gasteiger partial charge on any atom is 0.365 e. The van der Waals surface area contributed by atoms with Gasteiger partial charge in [0.25, 0.3) is 0 Å². The molecule has 2 aliphatic rings. The van der Waals surface area contributed by atoms with E-state index in [-0.39, 0.29) is 12.4 Å². The summed E-state index contributed by atoms with van der Waals surface area (Å²) < 4.78 is 10.7. The van der Waals surface area contributed by atoms with Gasteiger partial charge in [-0.1, -0.05) is 42.5 Å². The second-order valence-electron chi connectivity index (χ2n) is 8.08. The molecule has 3 aromatic carbocycles. The Morgan fingerprint density at radius 2 is 1.80 bits per heavy atom. The number of ether oxygens (including phenoxy) is 2. The van der Waals surface area contributed by atoms with Crippen molar-refractivity contribution in [1.82, 2.24) is 9.80 Å². The Morgan fingerprint density at radius 3 is 2.60 bits per heavy atom. The average Bonchev–Trinajstić information content (AvgIpc) is 3.23. The zero-order valence-corrected chi connectivity index (χ0v) is 20.0. The van der Waals surface area contributed by atoms with Crippen LogP contribution in [0.1, 0.15) is 5.56 Å². The average molecular weight is 492 g/mol. The number of carbonyl (C=O) groups is 1. The Balaban J connectivity index is 0.00000289. The number of hydrogen-bond donors (Lipinski definition) is 2. The largest absolute Gasteiger partial charge is 0.497 e. The van der Waals surface area contributed by atoms with Crippen molar-refractivity contribution in [2.45, 2.75) is 0 Å².